The predicted octanol–water partition coefficient (Wildman–Crippen LogP) is 3.04. The van der Waals surface area contributed by atoms with E-state index in [4.69, 9.17) is 5.11 Å². The average Bonchev–Trinajstić information content (AvgIpc) is 2.41. The molecule has 0 aliphatic rings. The minimum Gasteiger partial charge on any atom is -0.396 e. The molecule has 0 heterocycles. The van der Waals surface area contributed by atoms with Crippen LogP contribution in [0.2, 0.25) is 0 Å². The molecule has 0 saturated carbocycles. The molecule has 1 atom stereocenters. The highest BCUT2D eigenvalue weighted by Gasteiger charge is 1.90. The Balaban J connectivity index is 3.63. The summed E-state index contributed by atoms with van der Waals surface area (Å²) in [5.74, 6) is 10.8. The molecule has 2 heteroatoms. The van der Waals surface area contributed by atoms with Crippen LogP contribution >= 0.6 is 0 Å². The van der Waals surface area contributed by atoms with Crippen molar-refractivity contribution >= 4 is 0 Å². The van der Waals surface area contributed by atoms with Crippen molar-refractivity contribution in [3.05, 3.63) is 12.2 Å². The van der Waals surface area contributed by atoms with E-state index in [1.165, 1.54) is 32.1 Å². The lowest BCUT2D eigenvalue weighted by atomic mass is 10.1. The summed E-state index contributed by atoms with van der Waals surface area (Å²) in [5, 5.41) is 18.1. The summed E-state index contributed by atoms with van der Waals surface area (Å²) < 4.78 is 0. The largest absolute Gasteiger partial charge is 0.396 e. The van der Waals surface area contributed by atoms with E-state index in [0.717, 1.165) is 6.42 Å². The number of aliphatic hydroxyl groups is 2. The quantitative estimate of drug-likeness (QED) is 0.381. The zero-order chi connectivity index (χ0) is 14.2. The molecule has 0 aromatic carbocycles. The zero-order valence-electron chi connectivity index (χ0n) is 12.0. The maximum Gasteiger partial charge on any atom is 0.134 e. The molecule has 106 valence electrons. The summed E-state index contributed by atoms with van der Waals surface area (Å²) in [5.41, 5.74) is 0. The van der Waals surface area contributed by atoms with Crippen molar-refractivity contribution in [2.24, 2.45) is 0 Å². The van der Waals surface area contributed by atoms with Gasteiger partial charge in [-0.05, 0) is 37.2 Å². The van der Waals surface area contributed by atoms with Crippen LogP contribution in [0, 0.1) is 23.7 Å². The molecule has 0 unspecified atom stereocenters. The first kappa shape index (κ1) is 17.8. The normalized spacial score (nSPS) is 11.5. The van der Waals surface area contributed by atoms with E-state index in [9.17, 15) is 5.11 Å². The molecule has 0 amide bonds. The summed E-state index contributed by atoms with van der Waals surface area (Å²) in [6.07, 6.45) is 11.6. The van der Waals surface area contributed by atoms with Crippen LogP contribution in [0.15, 0.2) is 12.2 Å². The van der Waals surface area contributed by atoms with E-state index in [-0.39, 0.29) is 6.61 Å². The Kier molecular flexibility index (Phi) is 13.9. The van der Waals surface area contributed by atoms with Crippen molar-refractivity contribution in [1.29, 1.82) is 0 Å². The van der Waals surface area contributed by atoms with Crippen LogP contribution in [-0.4, -0.2) is 22.9 Å². The van der Waals surface area contributed by atoms with E-state index in [0.29, 0.717) is 12.8 Å². The second kappa shape index (κ2) is 14.8. The lowest BCUT2D eigenvalue weighted by Gasteiger charge is -1.96. The second-order valence-electron chi connectivity index (χ2n) is 4.47. The SMILES string of the molecule is CCCCCCCC=C[C@H](O)C#CC#CCCCO. The molecule has 0 bridgehead atoms. The molecular weight excluding hydrogens is 236 g/mol. The number of hydrogen-bond donors (Lipinski definition) is 2. The van der Waals surface area contributed by atoms with E-state index < -0.39 is 6.10 Å². The van der Waals surface area contributed by atoms with Crippen LogP contribution in [0.3, 0.4) is 0 Å². The van der Waals surface area contributed by atoms with Crippen LogP contribution in [0.1, 0.15) is 58.3 Å². The van der Waals surface area contributed by atoms with Gasteiger partial charge in [-0.15, -0.1) is 0 Å². The van der Waals surface area contributed by atoms with Gasteiger partial charge in [-0.1, -0.05) is 50.5 Å². The van der Waals surface area contributed by atoms with Crippen LogP contribution < -0.4 is 0 Å². The van der Waals surface area contributed by atoms with Gasteiger partial charge in [0.15, 0.2) is 0 Å². The molecule has 0 spiro atoms. The number of aliphatic hydroxyl groups excluding tert-OH is 2. The fraction of sp³-hybridized carbons (Fsp3) is 0.647. The van der Waals surface area contributed by atoms with Crippen LogP contribution in [-0.2, 0) is 0 Å². The second-order valence-corrected chi connectivity index (χ2v) is 4.47. The summed E-state index contributed by atoms with van der Waals surface area (Å²) in [6.45, 7) is 2.37. The van der Waals surface area contributed by atoms with Gasteiger partial charge in [-0.3, -0.25) is 0 Å². The maximum absolute atomic E-state index is 9.52. The van der Waals surface area contributed by atoms with E-state index in [2.05, 4.69) is 30.6 Å². The number of allylic oxidation sites excluding steroid dienone is 1. The Morgan fingerprint density at radius 2 is 1.84 bits per heavy atom. The minimum absolute atomic E-state index is 0.158. The molecule has 0 aliphatic heterocycles. The van der Waals surface area contributed by atoms with Gasteiger partial charge < -0.3 is 10.2 Å². The highest BCUT2D eigenvalue weighted by atomic mass is 16.3. The standard InChI is InChI=1S/C17H26O2/c1-2-3-4-5-6-8-11-14-17(19)15-12-9-7-10-13-16-18/h11,14,17-19H,2-6,8,10,13,16H2,1H3/t17-/m0/s1. The van der Waals surface area contributed by atoms with Gasteiger partial charge in [0.2, 0.25) is 0 Å². The third-order valence-electron chi connectivity index (χ3n) is 2.62. The smallest absolute Gasteiger partial charge is 0.134 e. The number of hydrogen-bond acceptors (Lipinski definition) is 2. The minimum atomic E-state index is -0.720. The molecule has 0 aromatic rings. The van der Waals surface area contributed by atoms with Crippen LogP contribution in [0.4, 0.5) is 0 Å². The summed E-state index contributed by atoms with van der Waals surface area (Å²) in [6, 6.07) is 0. The number of rotatable bonds is 9. The fourth-order valence-corrected chi connectivity index (χ4v) is 1.52. The first-order valence-electron chi connectivity index (χ1n) is 7.25. The van der Waals surface area contributed by atoms with E-state index in [1.807, 2.05) is 6.08 Å². The van der Waals surface area contributed by atoms with Gasteiger partial charge in [-0.2, -0.15) is 0 Å². The lowest BCUT2D eigenvalue weighted by molar-refractivity contribution is 0.280. The Morgan fingerprint density at radius 3 is 2.58 bits per heavy atom. The Hall–Kier alpha value is -1.22. The van der Waals surface area contributed by atoms with Gasteiger partial charge in [0.1, 0.15) is 6.10 Å². The molecule has 2 nitrogen and oxygen atoms in total. The van der Waals surface area contributed by atoms with Gasteiger partial charge >= 0.3 is 0 Å². The lowest BCUT2D eigenvalue weighted by Crippen LogP contribution is -1.96. The highest BCUT2D eigenvalue weighted by Crippen LogP contribution is 2.05. The van der Waals surface area contributed by atoms with Gasteiger partial charge in [0.25, 0.3) is 0 Å². The summed E-state index contributed by atoms with van der Waals surface area (Å²) in [7, 11) is 0. The maximum atomic E-state index is 9.52. The molecule has 19 heavy (non-hydrogen) atoms. The highest BCUT2D eigenvalue weighted by molar-refractivity contribution is 5.28. The molecule has 2 N–H and O–H groups in total. The van der Waals surface area contributed by atoms with Crippen molar-refractivity contribution in [3.63, 3.8) is 0 Å². The molecule has 0 aromatic heterocycles. The summed E-state index contributed by atoms with van der Waals surface area (Å²) >= 11 is 0. The van der Waals surface area contributed by atoms with Gasteiger partial charge in [0.05, 0.1) is 0 Å². The monoisotopic (exact) mass is 262 g/mol. The van der Waals surface area contributed by atoms with Crippen molar-refractivity contribution < 1.29 is 10.2 Å². The van der Waals surface area contributed by atoms with Gasteiger partial charge in [-0.25, -0.2) is 0 Å². The zero-order valence-corrected chi connectivity index (χ0v) is 12.0. The van der Waals surface area contributed by atoms with Gasteiger partial charge in [0, 0.05) is 13.0 Å². The van der Waals surface area contributed by atoms with E-state index in [1.54, 1.807) is 6.08 Å². The van der Waals surface area contributed by atoms with Crippen molar-refractivity contribution in [1.82, 2.24) is 0 Å². The molecular formula is C17H26O2. The Bertz CT molecular complexity index is 336. The first-order chi connectivity index (χ1) is 9.31. The fourth-order valence-electron chi connectivity index (χ4n) is 1.52. The van der Waals surface area contributed by atoms with Crippen molar-refractivity contribution in [2.45, 2.75) is 64.4 Å². The molecule has 0 rings (SSSR count). The van der Waals surface area contributed by atoms with Crippen LogP contribution in [0.5, 0.6) is 0 Å². The third kappa shape index (κ3) is 14.7. The summed E-state index contributed by atoms with van der Waals surface area (Å²) in [4.78, 5) is 0. The molecule has 0 radical (unpaired) electrons. The van der Waals surface area contributed by atoms with Crippen molar-refractivity contribution in [2.75, 3.05) is 6.61 Å². The van der Waals surface area contributed by atoms with E-state index >= 15 is 0 Å². The molecule has 0 aliphatic carbocycles. The molecule has 0 saturated heterocycles. The van der Waals surface area contributed by atoms with Crippen molar-refractivity contribution in [3.8, 4) is 23.7 Å². The Labute approximate surface area is 117 Å². The third-order valence-corrected chi connectivity index (χ3v) is 2.62. The number of unbranched alkanes of at least 4 members (excludes halogenated alkanes) is 6. The predicted molar refractivity (Wildman–Crippen MR) is 80.4 cm³/mol. The molecule has 0 fully saturated rings. The topological polar surface area (TPSA) is 40.5 Å². The average molecular weight is 262 g/mol. The Morgan fingerprint density at radius 1 is 1.05 bits per heavy atom. The first-order valence-corrected chi connectivity index (χ1v) is 7.25. The van der Waals surface area contributed by atoms with Crippen LogP contribution in [0.25, 0.3) is 0 Å².